The summed E-state index contributed by atoms with van der Waals surface area (Å²) in [5.74, 6) is 0.585. The molecule has 1 aromatic rings. The van der Waals surface area contributed by atoms with Crippen LogP contribution < -0.4 is 5.32 Å². The number of hydrogen-bond donors (Lipinski definition) is 2. The van der Waals surface area contributed by atoms with E-state index in [2.05, 4.69) is 31.2 Å². The van der Waals surface area contributed by atoms with Crippen molar-refractivity contribution in [1.82, 2.24) is 9.97 Å². The van der Waals surface area contributed by atoms with E-state index in [1.54, 1.807) is 6.20 Å². The molecule has 2 N–H and O–H groups in total. The van der Waals surface area contributed by atoms with Crippen LogP contribution in [0.15, 0.2) is 10.7 Å². The highest BCUT2D eigenvalue weighted by molar-refractivity contribution is 9.10. The quantitative estimate of drug-likeness (QED) is 0.818. The molecule has 1 rings (SSSR count). The Bertz CT molecular complexity index is 297. The molecule has 1 atom stereocenters. The smallest absolute Gasteiger partial charge is 0.224 e. The molecule has 1 aromatic heterocycles. The first-order valence-corrected chi connectivity index (χ1v) is 4.86. The van der Waals surface area contributed by atoms with Gasteiger partial charge < -0.3 is 10.4 Å². The number of nitrogens with one attached hydrogen (secondary N) is 1. The first-order chi connectivity index (χ1) is 6.13. The van der Waals surface area contributed by atoms with E-state index in [1.807, 2.05) is 6.92 Å². The van der Waals surface area contributed by atoms with Gasteiger partial charge in [0, 0.05) is 12.2 Å². The van der Waals surface area contributed by atoms with E-state index in [1.165, 1.54) is 0 Å². The second-order valence-electron chi connectivity index (χ2n) is 2.56. The Balaban J connectivity index is 2.81. The molecule has 0 aliphatic carbocycles. The van der Waals surface area contributed by atoms with Crippen molar-refractivity contribution in [3.05, 3.63) is 16.0 Å². The maximum absolute atomic E-state index is 8.80. The third-order valence-electron chi connectivity index (χ3n) is 1.37. The van der Waals surface area contributed by atoms with Crippen molar-refractivity contribution < 1.29 is 5.11 Å². The Morgan fingerprint density at radius 1 is 1.77 bits per heavy atom. The molecule has 0 aromatic carbocycles. The number of aromatic nitrogens is 2. The summed E-state index contributed by atoms with van der Waals surface area (Å²) in [5, 5.41) is 11.9. The SMILES string of the molecule is C[C@@H](CO)Nc1nc(Cl)ncc1Br. The van der Waals surface area contributed by atoms with Crippen LogP contribution in [0.4, 0.5) is 5.82 Å². The number of hydrogen-bond acceptors (Lipinski definition) is 4. The number of rotatable bonds is 3. The van der Waals surface area contributed by atoms with Crippen LogP contribution in [0.2, 0.25) is 5.28 Å². The van der Waals surface area contributed by atoms with Gasteiger partial charge in [0.1, 0.15) is 5.82 Å². The van der Waals surface area contributed by atoms with Gasteiger partial charge in [0.25, 0.3) is 0 Å². The van der Waals surface area contributed by atoms with Crippen molar-refractivity contribution in [2.24, 2.45) is 0 Å². The number of nitrogens with zero attached hydrogens (tertiary/aromatic N) is 2. The van der Waals surface area contributed by atoms with Gasteiger partial charge in [0.2, 0.25) is 5.28 Å². The van der Waals surface area contributed by atoms with Crippen LogP contribution in [-0.2, 0) is 0 Å². The molecule has 0 bridgehead atoms. The van der Waals surface area contributed by atoms with Gasteiger partial charge in [-0.05, 0) is 34.5 Å². The van der Waals surface area contributed by atoms with Crippen LogP contribution in [0.5, 0.6) is 0 Å². The molecule has 1 heterocycles. The van der Waals surface area contributed by atoms with Gasteiger partial charge in [-0.15, -0.1) is 0 Å². The molecule has 72 valence electrons. The minimum atomic E-state index is -0.0673. The largest absolute Gasteiger partial charge is 0.394 e. The van der Waals surface area contributed by atoms with Crippen molar-refractivity contribution >= 4 is 33.3 Å². The molecule has 0 radical (unpaired) electrons. The van der Waals surface area contributed by atoms with E-state index >= 15 is 0 Å². The van der Waals surface area contributed by atoms with Crippen LogP contribution in [-0.4, -0.2) is 27.7 Å². The molecular formula is C7H9BrClN3O. The fraction of sp³-hybridized carbons (Fsp3) is 0.429. The average molecular weight is 267 g/mol. The minimum absolute atomic E-state index is 0.0358. The lowest BCUT2D eigenvalue weighted by molar-refractivity contribution is 0.281. The monoisotopic (exact) mass is 265 g/mol. The highest BCUT2D eigenvalue weighted by atomic mass is 79.9. The molecule has 0 amide bonds. The molecule has 0 aliphatic rings. The molecular weight excluding hydrogens is 257 g/mol. The zero-order valence-electron chi connectivity index (χ0n) is 6.96. The Morgan fingerprint density at radius 3 is 3.08 bits per heavy atom. The number of aliphatic hydroxyl groups is 1. The summed E-state index contributed by atoms with van der Waals surface area (Å²) in [6.45, 7) is 1.87. The molecule has 0 spiro atoms. The summed E-state index contributed by atoms with van der Waals surface area (Å²) < 4.78 is 0.720. The number of halogens is 2. The molecule has 0 saturated carbocycles. The molecule has 0 saturated heterocycles. The standard InChI is InChI=1S/C7H9BrClN3O/c1-4(3-13)11-6-5(8)2-10-7(9)12-6/h2,4,13H,3H2,1H3,(H,10,11,12)/t4-/m0/s1. The molecule has 6 heteroatoms. The first kappa shape index (κ1) is 10.7. The second kappa shape index (κ2) is 4.74. The van der Waals surface area contributed by atoms with Gasteiger partial charge in [0.15, 0.2) is 0 Å². The van der Waals surface area contributed by atoms with E-state index < -0.39 is 0 Å². The van der Waals surface area contributed by atoms with E-state index in [4.69, 9.17) is 16.7 Å². The number of anilines is 1. The first-order valence-electron chi connectivity index (χ1n) is 3.69. The third-order valence-corrected chi connectivity index (χ3v) is 2.13. The van der Waals surface area contributed by atoms with Crippen molar-refractivity contribution in [3.63, 3.8) is 0 Å². The Kier molecular flexibility index (Phi) is 3.90. The maximum Gasteiger partial charge on any atom is 0.224 e. The lowest BCUT2D eigenvalue weighted by Gasteiger charge is -2.12. The van der Waals surface area contributed by atoms with Gasteiger partial charge >= 0.3 is 0 Å². The van der Waals surface area contributed by atoms with Gasteiger partial charge in [-0.3, -0.25) is 0 Å². The van der Waals surface area contributed by atoms with Crippen LogP contribution in [0.3, 0.4) is 0 Å². The topological polar surface area (TPSA) is 58.0 Å². The van der Waals surface area contributed by atoms with Crippen LogP contribution in [0.1, 0.15) is 6.92 Å². The van der Waals surface area contributed by atoms with Crippen LogP contribution >= 0.6 is 27.5 Å². The zero-order chi connectivity index (χ0) is 9.84. The van der Waals surface area contributed by atoms with E-state index in [9.17, 15) is 0 Å². The second-order valence-corrected chi connectivity index (χ2v) is 3.76. The molecule has 0 fully saturated rings. The lowest BCUT2D eigenvalue weighted by atomic mass is 10.3. The average Bonchev–Trinajstić information content (AvgIpc) is 2.11. The summed E-state index contributed by atoms with van der Waals surface area (Å²) >= 11 is 8.86. The normalized spacial score (nSPS) is 12.6. The predicted octanol–water partition coefficient (Wildman–Crippen LogP) is 1.69. The zero-order valence-corrected chi connectivity index (χ0v) is 9.30. The summed E-state index contributed by atoms with van der Waals surface area (Å²) in [6, 6.07) is -0.0673. The fourth-order valence-corrected chi connectivity index (χ4v) is 1.16. The Morgan fingerprint density at radius 2 is 2.46 bits per heavy atom. The lowest BCUT2D eigenvalue weighted by Crippen LogP contribution is -2.20. The Labute approximate surface area is 89.5 Å². The van der Waals surface area contributed by atoms with E-state index in [0.717, 1.165) is 4.47 Å². The van der Waals surface area contributed by atoms with Gasteiger partial charge in [-0.2, -0.15) is 4.98 Å². The minimum Gasteiger partial charge on any atom is -0.394 e. The van der Waals surface area contributed by atoms with Crippen molar-refractivity contribution in [1.29, 1.82) is 0 Å². The van der Waals surface area contributed by atoms with E-state index in [0.29, 0.717) is 5.82 Å². The summed E-state index contributed by atoms with van der Waals surface area (Å²) in [7, 11) is 0. The summed E-state index contributed by atoms with van der Waals surface area (Å²) in [6.07, 6.45) is 1.56. The summed E-state index contributed by atoms with van der Waals surface area (Å²) in [4.78, 5) is 7.72. The van der Waals surface area contributed by atoms with Gasteiger partial charge in [-0.25, -0.2) is 4.98 Å². The van der Waals surface area contributed by atoms with Gasteiger partial charge in [-0.1, -0.05) is 0 Å². The predicted molar refractivity (Wildman–Crippen MR) is 54.9 cm³/mol. The molecule has 0 unspecified atom stereocenters. The third kappa shape index (κ3) is 3.10. The molecule has 4 nitrogen and oxygen atoms in total. The van der Waals surface area contributed by atoms with Crippen molar-refractivity contribution in [2.75, 3.05) is 11.9 Å². The van der Waals surface area contributed by atoms with Crippen molar-refractivity contribution in [3.8, 4) is 0 Å². The van der Waals surface area contributed by atoms with Crippen LogP contribution in [0.25, 0.3) is 0 Å². The maximum atomic E-state index is 8.80. The molecule has 13 heavy (non-hydrogen) atoms. The highest BCUT2D eigenvalue weighted by Gasteiger charge is 2.06. The van der Waals surface area contributed by atoms with Crippen LogP contribution in [0, 0.1) is 0 Å². The van der Waals surface area contributed by atoms with Gasteiger partial charge in [0.05, 0.1) is 11.1 Å². The van der Waals surface area contributed by atoms with E-state index in [-0.39, 0.29) is 17.9 Å². The Hall–Kier alpha value is -0.390. The summed E-state index contributed by atoms with van der Waals surface area (Å²) in [5.41, 5.74) is 0. The fourth-order valence-electron chi connectivity index (χ4n) is 0.726. The number of aliphatic hydroxyl groups excluding tert-OH is 1. The highest BCUT2D eigenvalue weighted by Crippen LogP contribution is 2.20. The van der Waals surface area contributed by atoms with Crippen molar-refractivity contribution in [2.45, 2.75) is 13.0 Å². The molecule has 0 aliphatic heterocycles.